The first-order valence-corrected chi connectivity index (χ1v) is 8.15. The zero-order valence-corrected chi connectivity index (χ0v) is 14.0. The molecule has 3 N–H and O–H groups in total. The number of hydrogen-bond acceptors (Lipinski definition) is 4. The fourth-order valence-corrected chi connectivity index (χ4v) is 2.55. The molecule has 1 heterocycles. The quantitative estimate of drug-likeness (QED) is 0.724. The lowest BCUT2D eigenvalue weighted by Gasteiger charge is -2.13. The number of rotatable bonds is 6. The molecule has 1 atom stereocenters. The number of amides is 1. The fourth-order valence-electron chi connectivity index (χ4n) is 2.55. The van der Waals surface area contributed by atoms with Gasteiger partial charge in [0.2, 0.25) is 11.9 Å². The van der Waals surface area contributed by atoms with E-state index < -0.39 is 5.91 Å². The first kappa shape index (κ1) is 16.6. The molecule has 1 unspecified atom stereocenters. The topological polar surface area (TPSA) is 80.9 Å². The van der Waals surface area contributed by atoms with Gasteiger partial charge < -0.3 is 11.1 Å². The molecule has 0 aliphatic rings. The van der Waals surface area contributed by atoms with E-state index in [0.29, 0.717) is 17.4 Å². The molecule has 5 heteroatoms. The highest BCUT2D eigenvalue weighted by Gasteiger charge is 2.07. The number of nitrogens with one attached hydrogen (secondary N) is 1. The summed E-state index contributed by atoms with van der Waals surface area (Å²) in [4.78, 5) is 20.0. The molecule has 0 radical (unpaired) electrons. The Hall–Kier alpha value is -3.21. The zero-order chi connectivity index (χ0) is 17.6. The van der Waals surface area contributed by atoms with Crippen molar-refractivity contribution in [3.8, 4) is 11.3 Å². The van der Waals surface area contributed by atoms with Gasteiger partial charge in [0, 0.05) is 23.9 Å². The number of aromatic nitrogens is 2. The Labute approximate surface area is 146 Å². The average molecular weight is 332 g/mol. The van der Waals surface area contributed by atoms with Gasteiger partial charge >= 0.3 is 0 Å². The lowest BCUT2D eigenvalue weighted by molar-refractivity contribution is 0.100. The molecule has 3 aromatic rings. The van der Waals surface area contributed by atoms with E-state index in [1.54, 1.807) is 18.3 Å². The summed E-state index contributed by atoms with van der Waals surface area (Å²) in [7, 11) is 0. The Morgan fingerprint density at radius 1 is 1.08 bits per heavy atom. The Morgan fingerprint density at radius 3 is 2.48 bits per heavy atom. The van der Waals surface area contributed by atoms with Gasteiger partial charge in [-0.2, -0.15) is 0 Å². The summed E-state index contributed by atoms with van der Waals surface area (Å²) in [6, 6.07) is 19.2. The van der Waals surface area contributed by atoms with E-state index in [0.717, 1.165) is 17.8 Å². The summed E-state index contributed by atoms with van der Waals surface area (Å²) in [5, 5.41) is 3.29. The second kappa shape index (κ2) is 7.57. The summed E-state index contributed by atoms with van der Waals surface area (Å²) in [5.74, 6) is 0.494. The molecule has 5 nitrogen and oxygen atoms in total. The Kier molecular flexibility index (Phi) is 5.04. The highest BCUT2D eigenvalue weighted by Crippen LogP contribution is 2.19. The molecular formula is C20H20N4O. The molecule has 3 rings (SSSR count). The molecule has 2 aromatic carbocycles. The summed E-state index contributed by atoms with van der Waals surface area (Å²) in [6.45, 7) is 2.91. The van der Waals surface area contributed by atoms with Gasteiger partial charge in [-0.3, -0.25) is 4.79 Å². The fraction of sp³-hybridized carbons (Fsp3) is 0.150. The smallest absolute Gasteiger partial charge is 0.248 e. The summed E-state index contributed by atoms with van der Waals surface area (Å²) in [6.07, 6.45) is 1.72. The molecule has 1 amide bonds. The van der Waals surface area contributed by atoms with Crippen molar-refractivity contribution < 1.29 is 4.79 Å². The molecule has 126 valence electrons. The largest absolute Gasteiger partial charge is 0.366 e. The lowest BCUT2D eigenvalue weighted by atomic mass is 10.0. The molecule has 0 spiro atoms. The molecule has 0 fully saturated rings. The highest BCUT2D eigenvalue weighted by molar-refractivity contribution is 5.93. The molecule has 0 saturated carbocycles. The molecule has 0 aliphatic carbocycles. The van der Waals surface area contributed by atoms with E-state index >= 15 is 0 Å². The standard InChI is InChI=1S/C20H20N4O/c1-14(15-5-3-2-4-6-15)13-23-20-22-12-11-18(24-20)16-7-9-17(10-8-16)19(21)25/h2-12,14H,13H2,1H3,(H2,21,25)(H,22,23,24). The van der Waals surface area contributed by atoms with E-state index in [-0.39, 0.29) is 0 Å². The van der Waals surface area contributed by atoms with Crippen molar-refractivity contribution in [2.75, 3.05) is 11.9 Å². The van der Waals surface area contributed by atoms with Crippen LogP contribution in [0.4, 0.5) is 5.95 Å². The number of carbonyl (C=O) groups excluding carboxylic acids is 1. The van der Waals surface area contributed by atoms with Crippen molar-refractivity contribution in [3.05, 3.63) is 78.0 Å². The van der Waals surface area contributed by atoms with Gasteiger partial charge in [-0.25, -0.2) is 9.97 Å². The number of carbonyl (C=O) groups is 1. The number of primary amides is 1. The molecule has 0 saturated heterocycles. The van der Waals surface area contributed by atoms with Crippen LogP contribution in [0.5, 0.6) is 0 Å². The number of benzene rings is 2. The maximum absolute atomic E-state index is 11.2. The third-order valence-corrected chi connectivity index (χ3v) is 4.06. The van der Waals surface area contributed by atoms with Gasteiger partial charge in [-0.1, -0.05) is 49.4 Å². The van der Waals surface area contributed by atoms with Crippen molar-refractivity contribution in [1.29, 1.82) is 0 Å². The predicted molar refractivity (Wildman–Crippen MR) is 99.3 cm³/mol. The van der Waals surface area contributed by atoms with E-state index in [4.69, 9.17) is 5.73 Å². The maximum Gasteiger partial charge on any atom is 0.248 e. The SMILES string of the molecule is CC(CNc1nccc(-c2ccc(C(N)=O)cc2)n1)c1ccccc1. The number of nitrogens with two attached hydrogens (primary N) is 1. The van der Waals surface area contributed by atoms with Crippen LogP contribution in [0.1, 0.15) is 28.8 Å². The van der Waals surface area contributed by atoms with Crippen LogP contribution in [-0.2, 0) is 0 Å². The van der Waals surface area contributed by atoms with E-state index in [1.807, 2.05) is 36.4 Å². The number of anilines is 1. The average Bonchev–Trinajstić information content (AvgIpc) is 2.67. The van der Waals surface area contributed by atoms with Gasteiger partial charge in [-0.05, 0) is 29.7 Å². The van der Waals surface area contributed by atoms with Crippen LogP contribution in [-0.4, -0.2) is 22.4 Å². The van der Waals surface area contributed by atoms with Crippen molar-refractivity contribution >= 4 is 11.9 Å². The zero-order valence-electron chi connectivity index (χ0n) is 14.0. The Balaban J connectivity index is 1.70. The second-order valence-electron chi connectivity index (χ2n) is 5.90. The summed E-state index contributed by atoms with van der Waals surface area (Å²) < 4.78 is 0. The van der Waals surface area contributed by atoms with Gasteiger partial charge in [0.1, 0.15) is 0 Å². The number of hydrogen-bond donors (Lipinski definition) is 2. The Bertz CT molecular complexity index is 847. The first-order chi connectivity index (χ1) is 12.1. The van der Waals surface area contributed by atoms with Crippen LogP contribution in [0.3, 0.4) is 0 Å². The Morgan fingerprint density at radius 2 is 1.80 bits per heavy atom. The third-order valence-electron chi connectivity index (χ3n) is 4.06. The van der Waals surface area contributed by atoms with Gasteiger partial charge in [0.15, 0.2) is 0 Å². The van der Waals surface area contributed by atoms with E-state index in [1.165, 1.54) is 5.56 Å². The normalized spacial score (nSPS) is 11.7. The lowest BCUT2D eigenvalue weighted by Crippen LogP contribution is -2.12. The monoisotopic (exact) mass is 332 g/mol. The summed E-state index contributed by atoms with van der Waals surface area (Å²) >= 11 is 0. The minimum absolute atomic E-state index is 0.350. The van der Waals surface area contributed by atoms with Gasteiger partial charge in [0.25, 0.3) is 0 Å². The van der Waals surface area contributed by atoms with Crippen LogP contribution in [0.15, 0.2) is 66.9 Å². The van der Waals surface area contributed by atoms with E-state index in [9.17, 15) is 4.79 Å². The molecule has 25 heavy (non-hydrogen) atoms. The molecule has 1 aromatic heterocycles. The van der Waals surface area contributed by atoms with Crippen LogP contribution >= 0.6 is 0 Å². The molecular weight excluding hydrogens is 312 g/mol. The predicted octanol–water partition coefficient (Wildman–Crippen LogP) is 3.46. The first-order valence-electron chi connectivity index (χ1n) is 8.15. The van der Waals surface area contributed by atoms with Crippen LogP contribution < -0.4 is 11.1 Å². The van der Waals surface area contributed by atoms with Crippen LogP contribution in [0.25, 0.3) is 11.3 Å². The molecule has 0 bridgehead atoms. The van der Waals surface area contributed by atoms with Crippen molar-refractivity contribution in [1.82, 2.24) is 9.97 Å². The minimum atomic E-state index is -0.438. The second-order valence-corrected chi connectivity index (χ2v) is 5.90. The van der Waals surface area contributed by atoms with Crippen LogP contribution in [0.2, 0.25) is 0 Å². The van der Waals surface area contributed by atoms with Crippen molar-refractivity contribution in [3.63, 3.8) is 0 Å². The number of nitrogens with zero attached hydrogens (tertiary/aromatic N) is 2. The van der Waals surface area contributed by atoms with E-state index in [2.05, 4.69) is 34.3 Å². The molecule has 0 aliphatic heterocycles. The van der Waals surface area contributed by atoms with Crippen LogP contribution in [0, 0.1) is 0 Å². The third kappa shape index (κ3) is 4.20. The van der Waals surface area contributed by atoms with Crippen molar-refractivity contribution in [2.24, 2.45) is 5.73 Å². The van der Waals surface area contributed by atoms with Gasteiger partial charge in [0.05, 0.1) is 5.69 Å². The van der Waals surface area contributed by atoms with Gasteiger partial charge in [-0.15, -0.1) is 0 Å². The highest BCUT2D eigenvalue weighted by atomic mass is 16.1. The maximum atomic E-state index is 11.2. The minimum Gasteiger partial charge on any atom is -0.366 e. The summed E-state index contributed by atoms with van der Waals surface area (Å²) in [5.41, 5.74) is 8.72. The van der Waals surface area contributed by atoms with Crippen molar-refractivity contribution in [2.45, 2.75) is 12.8 Å².